The normalized spacial score (nSPS) is 16.3. The number of aryl methyl sites for hydroxylation is 1. The molecule has 2 rings (SSSR count). The summed E-state index contributed by atoms with van der Waals surface area (Å²) in [5.74, 6) is -0.238. The fourth-order valence-electron chi connectivity index (χ4n) is 3.22. The second-order valence-corrected chi connectivity index (χ2v) is 6.53. The third kappa shape index (κ3) is 3.70. The van der Waals surface area contributed by atoms with E-state index in [0.717, 1.165) is 36.9 Å². The molecule has 0 aromatic heterocycles. The Bertz CT molecular complexity index is 680. The van der Waals surface area contributed by atoms with E-state index in [0.29, 0.717) is 12.2 Å². The number of benzene rings is 1. The lowest BCUT2D eigenvalue weighted by molar-refractivity contribution is -0.114. The quantitative estimate of drug-likeness (QED) is 0.559. The molecule has 1 heterocycles. The summed E-state index contributed by atoms with van der Waals surface area (Å²) in [5, 5.41) is 0. The molecule has 0 bridgehead atoms. The van der Waals surface area contributed by atoms with Crippen molar-refractivity contribution in [1.29, 1.82) is 0 Å². The standard InChI is InChI=1S/C20H29N3O2/c1-6-9-13-22-18(14-21(4)5)19(24)23(20(22)25)17-12-10-11-15(7-2)16(17)8-3/h10-12,14H,6-9,13H2,1-5H3. The van der Waals surface area contributed by atoms with Crippen LogP contribution in [0.2, 0.25) is 0 Å². The largest absolute Gasteiger partial charge is 0.382 e. The number of carbonyl (C=O) groups excluding carboxylic acids is 2. The molecule has 0 aliphatic carbocycles. The highest BCUT2D eigenvalue weighted by atomic mass is 16.2. The molecular weight excluding hydrogens is 314 g/mol. The molecule has 25 heavy (non-hydrogen) atoms. The maximum atomic E-state index is 13.1. The van der Waals surface area contributed by atoms with Crippen LogP contribution in [0.5, 0.6) is 0 Å². The van der Waals surface area contributed by atoms with Crippen LogP contribution in [0, 0.1) is 0 Å². The van der Waals surface area contributed by atoms with Gasteiger partial charge in [-0.25, -0.2) is 9.69 Å². The minimum Gasteiger partial charge on any atom is -0.382 e. The highest BCUT2D eigenvalue weighted by molar-refractivity contribution is 6.27. The van der Waals surface area contributed by atoms with E-state index < -0.39 is 0 Å². The predicted molar refractivity (Wildman–Crippen MR) is 101 cm³/mol. The van der Waals surface area contributed by atoms with Crippen LogP contribution in [-0.2, 0) is 17.6 Å². The number of urea groups is 1. The molecule has 3 amide bonds. The van der Waals surface area contributed by atoms with Crippen molar-refractivity contribution in [2.24, 2.45) is 0 Å². The SMILES string of the molecule is CCCCN1C(=O)N(c2cccc(CC)c2CC)C(=O)C1=CN(C)C. The molecule has 5 heteroatoms. The summed E-state index contributed by atoms with van der Waals surface area (Å²) in [7, 11) is 3.72. The zero-order valence-corrected chi connectivity index (χ0v) is 16.0. The third-order valence-electron chi connectivity index (χ3n) is 4.47. The van der Waals surface area contributed by atoms with Gasteiger partial charge in [0.25, 0.3) is 5.91 Å². The van der Waals surface area contributed by atoms with Crippen molar-refractivity contribution >= 4 is 17.6 Å². The Morgan fingerprint density at radius 2 is 1.80 bits per heavy atom. The van der Waals surface area contributed by atoms with Crippen molar-refractivity contribution < 1.29 is 9.59 Å². The van der Waals surface area contributed by atoms with Crippen LogP contribution in [0.1, 0.15) is 44.7 Å². The Morgan fingerprint density at radius 1 is 1.08 bits per heavy atom. The second-order valence-electron chi connectivity index (χ2n) is 6.53. The van der Waals surface area contributed by atoms with Gasteiger partial charge in [0.1, 0.15) is 5.70 Å². The lowest BCUT2D eigenvalue weighted by Gasteiger charge is -2.20. The molecule has 1 aliphatic rings. The molecule has 1 aliphatic heterocycles. The number of imide groups is 1. The molecule has 0 spiro atoms. The fourth-order valence-corrected chi connectivity index (χ4v) is 3.22. The van der Waals surface area contributed by atoms with Crippen LogP contribution in [0.25, 0.3) is 0 Å². The number of unbranched alkanes of at least 4 members (excludes halogenated alkanes) is 1. The van der Waals surface area contributed by atoms with Crippen LogP contribution in [0.15, 0.2) is 30.1 Å². The lowest BCUT2D eigenvalue weighted by atomic mass is 10.0. The summed E-state index contributed by atoms with van der Waals surface area (Å²) in [4.78, 5) is 30.9. The van der Waals surface area contributed by atoms with Crippen LogP contribution < -0.4 is 4.90 Å². The Morgan fingerprint density at radius 3 is 2.36 bits per heavy atom. The molecular formula is C20H29N3O2. The zero-order valence-electron chi connectivity index (χ0n) is 16.0. The van der Waals surface area contributed by atoms with E-state index >= 15 is 0 Å². The maximum absolute atomic E-state index is 13.1. The smallest absolute Gasteiger partial charge is 0.336 e. The molecule has 5 nitrogen and oxygen atoms in total. The van der Waals surface area contributed by atoms with E-state index in [1.165, 1.54) is 10.5 Å². The monoisotopic (exact) mass is 343 g/mol. The van der Waals surface area contributed by atoms with E-state index in [4.69, 9.17) is 0 Å². The van der Waals surface area contributed by atoms with Gasteiger partial charge in [-0.3, -0.25) is 9.69 Å². The number of rotatable bonds is 7. The minimum absolute atomic E-state index is 0.238. The van der Waals surface area contributed by atoms with E-state index in [1.807, 2.05) is 31.1 Å². The van der Waals surface area contributed by atoms with Gasteiger partial charge in [-0.15, -0.1) is 0 Å². The molecule has 136 valence electrons. The highest BCUT2D eigenvalue weighted by Crippen LogP contribution is 2.32. The summed E-state index contributed by atoms with van der Waals surface area (Å²) < 4.78 is 0. The van der Waals surface area contributed by atoms with Gasteiger partial charge in [0.2, 0.25) is 0 Å². The molecule has 0 unspecified atom stereocenters. The van der Waals surface area contributed by atoms with E-state index in [9.17, 15) is 9.59 Å². The number of carbonyl (C=O) groups is 2. The Hall–Kier alpha value is -2.30. The summed E-state index contributed by atoms with van der Waals surface area (Å²) in [6.07, 6.45) is 5.25. The van der Waals surface area contributed by atoms with Crippen LogP contribution in [0.3, 0.4) is 0 Å². The average molecular weight is 343 g/mol. The number of hydrogen-bond donors (Lipinski definition) is 0. The molecule has 0 radical (unpaired) electrons. The maximum Gasteiger partial charge on any atom is 0.336 e. The van der Waals surface area contributed by atoms with Crippen molar-refractivity contribution in [1.82, 2.24) is 9.80 Å². The molecule has 0 atom stereocenters. The van der Waals surface area contributed by atoms with Gasteiger partial charge in [-0.1, -0.05) is 39.3 Å². The molecule has 0 N–H and O–H groups in total. The van der Waals surface area contributed by atoms with Crippen molar-refractivity contribution in [3.8, 4) is 0 Å². The highest BCUT2D eigenvalue weighted by Gasteiger charge is 2.42. The zero-order chi connectivity index (χ0) is 18.6. The van der Waals surface area contributed by atoms with Crippen LogP contribution in [0.4, 0.5) is 10.5 Å². The Kier molecular flexibility index (Phi) is 6.23. The van der Waals surface area contributed by atoms with Crippen LogP contribution in [-0.4, -0.2) is 42.4 Å². The lowest BCUT2D eigenvalue weighted by Crippen LogP contribution is -2.34. The number of nitrogens with zero attached hydrogens (tertiary/aromatic N) is 3. The molecule has 1 fully saturated rings. The van der Waals surface area contributed by atoms with Crippen LogP contribution >= 0.6 is 0 Å². The van der Waals surface area contributed by atoms with Crippen molar-refractivity contribution in [2.45, 2.75) is 46.5 Å². The van der Waals surface area contributed by atoms with Gasteiger partial charge in [0.15, 0.2) is 0 Å². The molecule has 0 saturated carbocycles. The summed E-state index contributed by atoms with van der Waals surface area (Å²) in [5.41, 5.74) is 3.44. The first kappa shape index (κ1) is 19.0. The van der Waals surface area contributed by atoms with Gasteiger partial charge in [0.05, 0.1) is 5.69 Å². The Balaban J connectivity index is 2.52. The third-order valence-corrected chi connectivity index (χ3v) is 4.47. The van der Waals surface area contributed by atoms with Crippen molar-refractivity contribution in [3.05, 3.63) is 41.2 Å². The minimum atomic E-state index is -0.241. The van der Waals surface area contributed by atoms with Gasteiger partial charge in [0, 0.05) is 26.8 Å². The average Bonchev–Trinajstić information content (AvgIpc) is 2.81. The topological polar surface area (TPSA) is 43.9 Å². The number of anilines is 1. The van der Waals surface area contributed by atoms with Crippen molar-refractivity contribution in [3.63, 3.8) is 0 Å². The molecule has 1 aromatic carbocycles. The molecule has 1 saturated heterocycles. The van der Waals surface area contributed by atoms with Crippen molar-refractivity contribution in [2.75, 3.05) is 25.5 Å². The van der Waals surface area contributed by atoms with Gasteiger partial charge < -0.3 is 4.90 Å². The first-order valence-corrected chi connectivity index (χ1v) is 9.11. The summed E-state index contributed by atoms with van der Waals surface area (Å²) in [6, 6.07) is 5.63. The fraction of sp³-hybridized carbons (Fsp3) is 0.500. The van der Waals surface area contributed by atoms with Gasteiger partial charge >= 0.3 is 6.03 Å². The van der Waals surface area contributed by atoms with Gasteiger partial charge in [-0.05, 0) is 36.5 Å². The van der Waals surface area contributed by atoms with E-state index in [-0.39, 0.29) is 11.9 Å². The van der Waals surface area contributed by atoms with E-state index in [1.54, 1.807) is 11.1 Å². The summed E-state index contributed by atoms with van der Waals surface area (Å²) in [6.45, 7) is 6.80. The second kappa shape index (κ2) is 8.19. The predicted octanol–water partition coefficient (Wildman–Crippen LogP) is 3.78. The molecule has 1 aromatic rings. The number of amides is 3. The Labute approximate surface area is 150 Å². The van der Waals surface area contributed by atoms with Gasteiger partial charge in [-0.2, -0.15) is 0 Å². The summed E-state index contributed by atoms with van der Waals surface area (Å²) >= 11 is 0. The first-order chi connectivity index (χ1) is 12.0. The first-order valence-electron chi connectivity index (χ1n) is 9.11. The van der Waals surface area contributed by atoms with E-state index in [2.05, 4.69) is 26.8 Å². The number of hydrogen-bond acceptors (Lipinski definition) is 3.